The number of benzene rings is 2. The van der Waals surface area contributed by atoms with Crippen LogP contribution in [0.1, 0.15) is 33.8 Å². The Kier molecular flexibility index (Phi) is 6.52. The standard InChI is InChI=1S/C22H23N3O5S2/c1-15-5-8-18(9-6-15)29-13-21-23-24-22(30-21)31-14-20(26)17-7-10-19-16(12-17)4-3-11-25(19)32(2,27)28/h5-10,12H,3-4,11,13-14H2,1-2H3. The number of fused-ring (bicyclic) bond motifs is 1. The molecule has 0 saturated carbocycles. The minimum Gasteiger partial charge on any atom is -0.484 e. The number of thioether (sulfide) groups is 1. The molecular formula is C22H23N3O5S2. The quantitative estimate of drug-likeness (QED) is 0.361. The van der Waals surface area contributed by atoms with Gasteiger partial charge in [-0.25, -0.2) is 8.42 Å². The molecule has 1 aliphatic heterocycles. The molecule has 168 valence electrons. The molecule has 0 bridgehead atoms. The Bertz CT molecular complexity index is 1220. The molecule has 4 rings (SSSR count). The fourth-order valence-electron chi connectivity index (χ4n) is 3.43. The molecule has 0 atom stereocenters. The van der Waals surface area contributed by atoms with Crippen LogP contribution < -0.4 is 9.04 Å². The molecule has 32 heavy (non-hydrogen) atoms. The van der Waals surface area contributed by atoms with Crippen LogP contribution in [0.4, 0.5) is 5.69 Å². The van der Waals surface area contributed by atoms with Crippen molar-refractivity contribution >= 4 is 33.3 Å². The number of rotatable bonds is 8. The number of ether oxygens (including phenoxy) is 1. The normalized spacial score (nSPS) is 13.6. The lowest BCUT2D eigenvalue weighted by atomic mass is 9.99. The van der Waals surface area contributed by atoms with E-state index < -0.39 is 10.0 Å². The second-order valence-corrected chi connectivity index (χ2v) is 10.4. The highest BCUT2D eigenvalue weighted by atomic mass is 32.2. The molecule has 1 aromatic heterocycles. The van der Waals surface area contributed by atoms with Crippen LogP contribution in [0.2, 0.25) is 0 Å². The summed E-state index contributed by atoms with van der Waals surface area (Å²) in [4.78, 5) is 12.7. The fraction of sp³-hybridized carbons (Fsp3) is 0.318. The van der Waals surface area contributed by atoms with Crippen LogP contribution in [0.25, 0.3) is 0 Å². The zero-order chi connectivity index (χ0) is 22.7. The maximum absolute atomic E-state index is 12.7. The minimum absolute atomic E-state index is 0.0927. The Balaban J connectivity index is 1.35. The number of hydrogen-bond donors (Lipinski definition) is 0. The van der Waals surface area contributed by atoms with Crippen LogP contribution in [0.5, 0.6) is 5.75 Å². The Morgan fingerprint density at radius 2 is 1.97 bits per heavy atom. The maximum Gasteiger partial charge on any atom is 0.277 e. The summed E-state index contributed by atoms with van der Waals surface area (Å²) in [6.07, 6.45) is 2.66. The van der Waals surface area contributed by atoms with Crippen molar-refractivity contribution in [2.45, 2.75) is 31.6 Å². The molecule has 0 radical (unpaired) electrons. The van der Waals surface area contributed by atoms with Crippen LogP contribution in [-0.2, 0) is 23.1 Å². The summed E-state index contributed by atoms with van der Waals surface area (Å²) in [7, 11) is -3.33. The highest BCUT2D eigenvalue weighted by Crippen LogP contribution is 2.30. The van der Waals surface area contributed by atoms with E-state index >= 15 is 0 Å². The van der Waals surface area contributed by atoms with Gasteiger partial charge in [0.2, 0.25) is 10.0 Å². The summed E-state index contributed by atoms with van der Waals surface area (Å²) in [6, 6.07) is 12.8. The minimum atomic E-state index is -3.33. The van der Waals surface area contributed by atoms with Gasteiger partial charge in [0.05, 0.1) is 17.7 Å². The van der Waals surface area contributed by atoms with E-state index in [0.717, 1.165) is 35.7 Å². The first-order valence-electron chi connectivity index (χ1n) is 10.1. The van der Waals surface area contributed by atoms with Crippen molar-refractivity contribution in [3.05, 3.63) is 65.0 Å². The van der Waals surface area contributed by atoms with E-state index in [4.69, 9.17) is 9.15 Å². The summed E-state index contributed by atoms with van der Waals surface area (Å²) in [5, 5.41) is 8.20. The summed E-state index contributed by atoms with van der Waals surface area (Å²) in [6.45, 7) is 2.61. The van der Waals surface area contributed by atoms with Gasteiger partial charge in [-0.05, 0) is 55.7 Å². The molecule has 0 saturated heterocycles. The topological polar surface area (TPSA) is 103 Å². The Morgan fingerprint density at radius 3 is 2.72 bits per heavy atom. The van der Waals surface area contributed by atoms with Crippen molar-refractivity contribution in [2.75, 3.05) is 22.9 Å². The van der Waals surface area contributed by atoms with E-state index in [1.165, 1.54) is 10.6 Å². The zero-order valence-electron chi connectivity index (χ0n) is 17.8. The first kappa shape index (κ1) is 22.3. The van der Waals surface area contributed by atoms with E-state index in [-0.39, 0.29) is 18.1 Å². The average molecular weight is 474 g/mol. The first-order valence-corrected chi connectivity index (χ1v) is 12.9. The number of sulfonamides is 1. The molecule has 2 heterocycles. The fourth-order valence-corrected chi connectivity index (χ4v) is 5.10. The second-order valence-electron chi connectivity index (χ2n) is 7.56. The third-order valence-electron chi connectivity index (χ3n) is 5.04. The van der Waals surface area contributed by atoms with Crippen LogP contribution in [-0.4, -0.2) is 43.0 Å². The number of aryl methyl sites for hydroxylation is 2. The Hall–Kier alpha value is -2.85. The van der Waals surface area contributed by atoms with E-state index in [2.05, 4.69) is 10.2 Å². The number of carbonyl (C=O) groups is 1. The van der Waals surface area contributed by atoms with E-state index in [9.17, 15) is 13.2 Å². The highest BCUT2D eigenvalue weighted by Gasteiger charge is 2.24. The first-order chi connectivity index (χ1) is 15.3. The largest absolute Gasteiger partial charge is 0.484 e. The number of ketones is 1. The van der Waals surface area contributed by atoms with Crippen molar-refractivity contribution < 1.29 is 22.4 Å². The van der Waals surface area contributed by atoms with E-state index in [1.807, 2.05) is 31.2 Å². The lowest BCUT2D eigenvalue weighted by Gasteiger charge is -2.29. The number of nitrogens with zero attached hydrogens (tertiary/aromatic N) is 3. The molecule has 0 fully saturated rings. The third-order valence-corrected chi connectivity index (χ3v) is 7.03. The van der Waals surface area contributed by atoms with Gasteiger partial charge in [-0.3, -0.25) is 9.10 Å². The number of aromatic nitrogens is 2. The molecule has 8 nitrogen and oxygen atoms in total. The van der Waals surface area contributed by atoms with E-state index in [1.54, 1.807) is 18.2 Å². The van der Waals surface area contributed by atoms with Crippen molar-refractivity contribution in [1.82, 2.24) is 10.2 Å². The molecular weight excluding hydrogens is 450 g/mol. The summed E-state index contributed by atoms with van der Waals surface area (Å²) in [5.41, 5.74) is 3.20. The number of hydrogen-bond acceptors (Lipinski definition) is 8. The van der Waals surface area contributed by atoms with Gasteiger partial charge in [0.15, 0.2) is 12.4 Å². The van der Waals surface area contributed by atoms with Crippen LogP contribution in [0.15, 0.2) is 52.1 Å². The molecule has 0 spiro atoms. The van der Waals surface area contributed by atoms with Crippen LogP contribution in [0.3, 0.4) is 0 Å². The van der Waals surface area contributed by atoms with Crippen molar-refractivity contribution in [1.29, 1.82) is 0 Å². The third kappa shape index (κ3) is 5.31. The van der Waals surface area contributed by atoms with Crippen molar-refractivity contribution in [3.63, 3.8) is 0 Å². The Labute approximate surface area is 191 Å². The maximum atomic E-state index is 12.7. The molecule has 0 aliphatic carbocycles. The highest BCUT2D eigenvalue weighted by molar-refractivity contribution is 7.99. The smallest absolute Gasteiger partial charge is 0.277 e. The molecule has 3 aromatic rings. The predicted octanol–water partition coefficient (Wildman–Crippen LogP) is 3.64. The summed E-state index contributed by atoms with van der Waals surface area (Å²) < 4.78 is 36.6. The number of anilines is 1. The van der Waals surface area contributed by atoms with Gasteiger partial charge in [-0.15, -0.1) is 10.2 Å². The van der Waals surface area contributed by atoms with Crippen LogP contribution in [0, 0.1) is 6.92 Å². The summed E-state index contributed by atoms with van der Waals surface area (Å²) >= 11 is 1.16. The van der Waals surface area contributed by atoms with Gasteiger partial charge in [0, 0.05) is 12.1 Å². The van der Waals surface area contributed by atoms with Gasteiger partial charge >= 0.3 is 0 Å². The Morgan fingerprint density at radius 1 is 1.19 bits per heavy atom. The SMILES string of the molecule is Cc1ccc(OCc2nnc(SCC(=O)c3ccc4c(c3)CCCN4S(C)(=O)=O)o2)cc1. The van der Waals surface area contributed by atoms with Crippen molar-refractivity contribution in [2.24, 2.45) is 0 Å². The van der Waals surface area contributed by atoms with Gasteiger partial charge < -0.3 is 9.15 Å². The molecule has 0 amide bonds. The van der Waals surface area contributed by atoms with Gasteiger partial charge in [0.1, 0.15) is 5.75 Å². The van der Waals surface area contributed by atoms with Gasteiger partial charge in [-0.2, -0.15) is 0 Å². The monoisotopic (exact) mass is 473 g/mol. The number of Topliss-reactive ketones (excluding diaryl/α,β-unsaturated/α-hetero) is 1. The molecule has 10 heteroatoms. The van der Waals surface area contributed by atoms with Gasteiger partial charge in [0.25, 0.3) is 11.1 Å². The summed E-state index contributed by atoms with van der Waals surface area (Å²) in [5.74, 6) is 1.08. The van der Waals surface area contributed by atoms with E-state index in [0.29, 0.717) is 34.7 Å². The zero-order valence-corrected chi connectivity index (χ0v) is 19.4. The average Bonchev–Trinajstić information content (AvgIpc) is 3.23. The number of carbonyl (C=O) groups excluding carboxylic acids is 1. The lowest BCUT2D eigenvalue weighted by Crippen LogP contribution is -2.34. The second kappa shape index (κ2) is 9.33. The molecule has 0 unspecified atom stereocenters. The molecule has 0 N–H and O–H groups in total. The molecule has 2 aromatic carbocycles. The predicted molar refractivity (Wildman–Crippen MR) is 122 cm³/mol. The van der Waals surface area contributed by atoms with Crippen molar-refractivity contribution in [3.8, 4) is 5.75 Å². The lowest BCUT2D eigenvalue weighted by molar-refractivity contribution is 0.102. The van der Waals surface area contributed by atoms with Gasteiger partial charge in [-0.1, -0.05) is 29.5 Å². The molecule has 1 aliphatic rings. The van der Waals surface area contributed by atoms with Crippen LogP contribution >= 0.6 is 11.8 Å².